The Hall–Kier alpha value is -5.50. The van der Waals surface area contributed by atoms with Gasteiger partial charge >= 0.3 is 0 Å². The fourth-order valence-corrected chi connectivity index (χ4v) is 4.25. The van der Waals surface area contributed by atoms with Crippen molar-refractivity contribution in [3.8, 4) is 34.3 Å². The lowest BCUT2D eigenvalue weighted by Gasteiger charge is -2.08. The molecule has 0 spiro atoms. The molecule has 0 saturated heterocycles. The summed E-state index contributed by atoms with van der Waals surface area (Å²) in [6.07, 6.45) is 3.59. The second-order valence-electron chi connectivity index (χ2n) is 8.98. The van der Waals surface area contributed by atoms with E-state index >= 15 is 0 Å². The second-order valence-corrected chi connectivity index (χ2v) is 8.98. The van der Waals surface area contributed by atoms with Gasteiger partial charge in [-0.05, 0) is 84.9 Å². The van der Waals surface area contributed by atoms with Crippen LogP contribution in [0.5, 0.6) is 11.5 Å². The summed E-state index contributed by atoms with van der Waals surface area (Å²) in [4.78, 5) is 26.0. The summed E-state index contributed by atoms with van der Waals surface area (Å²) in [6, 6.07) is 31.0. The van der Waals surface area contributed by atoms with Crippen LogP contribution in [0.1, 0.15) is 11.4 Å². The lowest BCUT2D eigenvalue weighted by Crippen LogP contribution is -1.96. The Balaban J connectivity index is 1.31. The molecule has 3 heterocycles. The predicted octanol–water partition coefficient (Wildman–Crippen LogP) is 7.14. The number of fused-ring (bicyclic) bond motifs is 1. The smallest absolute Gasteiger partial charge is 0.119 e. The Labute approximate surface area is 231 Å². The van der Waals surface area contributed by atoms with Crippen LogP contribution in [0.3, 0.4) is 0 Å². The minimum absolute atomic E-state index is 0.739. The van der Waals surface area contributed by atoms with E-state index in [2.05, 4.69) is 20.0 Å². The first-order valence-corrected chi connectivity index (χ1v) is 12.7. The average Bonchev–Trinajstić information content (AvgIpc) is 3.69. The molecule has 0 bridgehead atoms. The molecule has 6 aromatic rings. The number of benzene rings is 3. The summed E-state index contributed by atoms with van der Waals surface area (Å²) in [5.74, 6) is 1.59. The molecule has 8 heteroatoms. The number of nitrogens with zero attached hydrogens (tertiary/aromatic N) is 4. The van der Waals surface area contributed by atoms with Gasteiger partial charge in [-0.25, -0.2) is 9.97 Å². The zero-order chi connectivity index (χ0) is 27.3. The number of aliphatic imine (C=N–C) groups is 2. The lowest BCUT2D eigenvalue weighted by atomic mass is 10.1. The first-order valence-electron chi connectivity index (χ1n) is 12.7. The van der Waals surface area contributed by atoms with Gasteiger partial charge in [-0.1, -0.05) is 12.1 Å². The number of aromatic nitrogens is 4. The average molecular weight is 527 g/mol. The number of methoxy groups -OCH3 is 2. The summed E-state index contributed by atoms with van der Waals surface area (Å²) < 4.78 is 10.4. The predicted molar refractivity (Wildman–Crippen MR) is 160 cm³/mol. The zero-order valence-electron chi connectivity index (χ0n) is 22.0. The summed E-state index contributed by atoms with van der Waals surface area (Å²) in [5, 5.41) is 0. The fraction of sp³-hybridized carbons (Fsp3) is 0.0625. The highest BCUT2D eigenvalue weighted by atomic mass is 16.5. The van der Waals surface area contributed by atoms with Gasteiger partial charge in [0.15, 0.2) is 0 Å². The molecule has 40 heavy (non-hydrogen) atoms. The number of ether oxygens (including phenoxy) is 2. The number of hydrogen-bond donors (Lipinski definition) is 2. The van der Waals surface area contributed by atoms with Gasteiger partial charge in [0.1, 0.15) is 22.9 Å². The maximum absolute atomic E-state index is 5.22. The Kier molecular flexibility index (Phi) is 6.88. The third-order valence-electron chi connectivity index (χ3n) is 6.35. The van der Waals surface area contributed by atoms with Crippen molar-refractivity contribution >= 4 is 34.8 Å². The van der Waals surface area contributed by atoms with E-state index in [1.807, 2.05) is 97.1 Å². The molecule has 0 aliphatic rings. The van der Waals surface area contributed by atoms with Crippen LogP contribution in [0.25, 0.3) is 33.8 Å². The maximum atomic E-state index is 5.22. The molecule has 0 amide bonds. The van der Waals surface area contributed by atoms with Crippen LogP contribution >= 0.6 is 0 Å². The monoisotopic (exact) mass is 526 g/mol. The Morgan fingerprint density at radius 2 is 0.975 bits per heavy atom. The van der Waals surface area contributed by atoms with E-state index < -0.39 is 0 Å². The van der Waals surface area contributed by atoms with Gasteiger partial charge in [0, 0.05) is 0 Å². The molecule has 0 unspecified atom stereocenters. The van der Waals surface area contributed by atoms with Gasteiger partial charge in [0.2, 0.25) is 0 Å². The van der Waals surface area contributed by atoms with Crippen LogP contribution in [-0.4, -0.2) is 46.6 Å². The van der Waals surface area contributed by atoms with Crippen LogP contribution in [0.2, 0.25) is 0 Å². The van der Waals surface area contributed by atoms with Crippen molar-refractivity contribution in [1.82, 2.24) is 19.9 Å². The topological polar surface area (TPSA) is 101 Å². The Bertz CT molecular complexity index is 1680. The van der Waals surface area contributed by atoms with Crippen molar-refractivity contribution in [2.75, 3.05) is 14.2 Å². The van der Waals surface area contributed by atoms with E-state index in [4.69, 9.17) is 19.4 Å². The maximum Gasteiger partial charge on any atom is 0.119 e. The van der Waals surface area contributed by atoms with Crippen LogP contribution in [0.15, 0.2) is 107 Å². The Morgan fingerprint density at radius 1 is 0.550 bits per heavy atom. The lowest BCUT2D eigenvalue weighted by molar-refractivity contribution is 0.415. The summed E-state index contributed by atoms with van der Waals surface area (Å²) in [7, 11) is 3.29. The fourth-order valence-electron chi connectivity index (χ4n) is 4.25. The molecule has 2 N–H and O–H groups in total. The molecule has 3 aromatic carbocycles. The second kappa shape index (κ2) is 11.1. The summed E-state index contributed by atoms with van der Waals surface area (Å²) in [6.45, 7) is 0. The molecular formula is C32H26N6O2. The number of hydrogen-bond acceptors (Lipinski definition) is 6. The SMILES string of the molecule is COc1ccc(N=Cc2ccc(-c3nc4ccccc4nc3-c3ccc(C=Nc4ccc(OC)cc4)[nH]3)[nH]2)cc1. The van der Waals surface area contributed by atoms with Gasteiger partial charge in [-0.2, -0.15) is 0 Å². The van der Waals surface area contributed by atoms with Gasteiger partial charge in [0.05, 0.1) is 71.8 Å². The Morgan fingerprint density at radius 3 is 1.38 bits per heavy atom. The van der Waals surface area contributed by atoms with E-state index in [1.54, 1.807) is 26.6 Å². The standard InChI is InChI=1S/C32H26N6O2/c1-39-25-13-7-21(8-14-25)33-19-23-11-17-29(35-23)31-32(38-28-6-4-3-5-27(28)37-31)30-18-12-24(36-30)20-34-22-9-15-26(40-2)16-10-22/h3-20,35-36H,1-2H3. The largest absolute Gasteiger partial charge is 0.497 e. The van der Waals surface area contributed by atoms with E-state index in [0.717, 1.165) is 68.1 Å². The quantitative estimate of drug-likeness (QED) is 0.206. The van der Waals surface area contributed by atoms with Gasteiger partial charge in [-0.3, -0.25) is 9.98 Å². The number of para-hydroxylation sites is 2. The molecule has 3 aromatic heterocycles. The molecule has 0 aliphatic heterocycles. The summed E-state index contributed by atoms with van der Waals surface area (Å²) >= 11 is 0. The number of nitrogens with one attached hydrogen (secondary N) is 2. The zero-order valence-corrected chi connectivity index (χ0v) is 22.0. The molecular weight excluding hydrogens is 500 g/mol. The summed E-state index contributed by atoms with van der Waals surface area (Å²) in [5.41, 5.74) is 8.16. The first kappa shape index (κ1) is 24.8. The van der Waals surface area contributed by atoms with Gasteiger partial charge < -0.3 is 19.4 Å². The van der Waals surface area contributed by atoms with Crippen molar-refractivity contribution in [3.63, 3.8) is 0 Å². The molecule has 196 valence electrons. The molecule has 0 atom stereocenters. The molecule has 0 saturated carbocycles. The van der Waals surface area contributed by atoms with Crippen LogP contribution in [0, 0.1) is 0 Å². The van der Waals surface area contributed by atoms with Crippen molar-refractivity contribution in [2.24, 2.45) is 9.98 Å². The molecule has 6 rings (SSSR count). The molecule has 8 nitrogen and oxygen atoms in total. The minimum atomic E-state index is 0.739. The molecule has 0 aliphatic carbocycles. The van der Waals surface area contributed by atoms with Crippen LogP contribution in [-0.2, 0) is 0 Å². The third-order valence-corrected chi connectivity index (χ3v) is 6.35. The number of rotatable bonds is 8. The van der Waals surface area contributed by atoms with Crippen molar-refractivity contribution < 1.29 is 9.47 Å². The van der Waals surface area contributed by atoms with Crippen molar-refractivity contribution in [2.45, 2.75) is 0 Å². The number of aromatic amines is 2. The highest BCUT2D eigenvalue weighted by molar-refractivity contribution is 5.88. The highest BCUT2D eigenvalue weighted by Gasteiger charge is 2.16. The number of H-pyrrole nitrogens is 2. The van der Waals surface area contributed by atoms with Crippen LogP contribution < -0.4 is 9.47 Å². The van der Waals surface area contributed by atoms with Crippen molar-refractivity contribution in [3.05, 3.63) is 108 Å². The van der Waals surface area contributed by atoms with E-state index in [1.165, 1.54) is 0 Å². The first-order chi connectivity index (χ1) is 19.7. The van der Waals surface area contributed by atoms with Gasteiger partial charge in [-0.15, -0.1) is 0 Å². The van der Waals surface area contributed by atoms with Crippen LogP contribution in [0.4, 0.5) is 11.4 Å². The third kappa shape index (κ3) is 5.37. The van der Waals surface area contributed by atoms with E-state index in [9.17, 15) is 0 Å². The highest BCUT2D eigenvalue weighted by Crippen LogP contribution is 2.30. The molecule has 0 radical (unpaired) electrons. The minimum Gasteiger partial charge on any atom is -0.497 e. The van der Waals surface area contributed by atoms with E-state index in [-0.39, 0.29) is 0 Å². The van der Waals surface area contributed by atoms with Gasteiger partial charge in [0.25, 0.3) is 0 Å². The van der Waals surface area contributed by atoms with Crippen molar-refractivity contribution in [1.29, 1.82) is 0 Å². The molecule has 0 fully saturated rings. The normalized spacial score (nSPS) is 11.6. The van der Waals surface area contributed by atoms with E-state index in [0.29, 0.717) is 0 Å².